The summed E-state index contributed by atoms with van der Waals surface area (Å²) in [5.41, 5.74) is 0.405. The first-order chi connectivity index (χ1) is 9.02. The summed E-state index contributed by atoms with van der Waals surface area (Å²) in [6.45, 7) is 4.95. The van der Waals surface area contributed by atoms with E-state index in [1.165, 1.54) is 0 Å². The van der Waals surface area contributed by atoms with Gasteiger partial charge < -0.3 is 14.8 Å². The van der Waals surface area contributed by atoms with Gasteiger partial charge in [0.2, 0.25) is 0 Å². The molecule has 1 N–H and O–H groups in total. The molecular formula is C13H19FN4O. The molecule has 1 atom stereocenters. The number of nitrogens with one attached hydrogen (secondary N) is 1. The van der Waals surface area contributed by atoms with Crippen LogP contribution in [0.15, 0.2) is 23.8 Å². The number of halogens is 1. The zero-order chi connectivity index (χ0) is 14.0. The van der Waals surface area contributed by atoms with Crippen molar-refractivity contribution in [3.8, 4) is 0 Å². The van der Waals surface area contributed by atoms with E-state index < -0.39 is 11.7 Å². The van der Waals surface area contributed by atoms with Crippen LogP contribution < -0.4 is 5.32 Å². The minimum atomic E-state index is -0.666. The van der Waals surface area contributed by atoms with E-state index in [-0.39, 0.29) is 6.04 Å². The van der Waals surface area contributed by atoms with E-state index in [4.69, 9.17) is 0 Å². The molecule has 0 radical (unpaired) electrons. The van der Waals surface area contributed by atoms with E-state index in [1.807, 2.05) is 17.8 Å². The van der Waals surface area contributed by atoms with Gasteiger partial charge in [-0.3, -0.25) is 4.79 Å². The molecule has 1 aromatic heterocycles. The van der Waals surface area contributed by atoms with Gasteiger partial charge in [-0.1, -0.05) is 0 Å². The number of allylic oxidation sites excluding steroid dienone is 1. The molecule has 2 rings (SSSR count). The lowest BCUT2D eigenvalue weighted by atomic mass is 10.1. The third kappa shape index (κ3) is 2.68. The summed E-state index contributed by atoms with van der Waals surface area (Å²) >= 11 is 0. The average Bonchev–Trinajstić information content (AvgIpc) is 2.83. The number of aromatic nitrogens is 2. The maximum Gasteiger partial charge on any atom is 0.283 e. The summed E-state index contributed by atoms with van der Waals surface area (Å²) in [5.74, 6) is -0.447. The molecule has 1 aromatic rings. The van der Waals surface area contributed by atoms with Gasteiger partial charge in [0.05, 0.1) is 0 Å². The summed E-state index contributed by atoms with van der Waals surface area (Å²) in [6.07, 6.45) is 3.51. The summed E-state index contributed by atoms with van der Waals surface area (Å²) < 4.78 is 15.7. The highest BCUT2D eigenvalue weighted by molar-refractivity contribution is 5.92. The van der Waals surface area contributed by atoms with Gasteiger partial charge in [0, 0.05) is 39.1 Å². The van der Waals surface area contributed by atoms with Crippen molar-refractivity contribution in [3.05, 3.63) is 29.6 Å². The molecular weight excluding hydrogens is 247 g/mol. The molecule has 0 saturated carbocycles. The lowest BCUT2D eigenvalue weighted by Crippen LogP contribution is -2.49. The smallest absolute Gasteiger partial charge is 0.283 e. The second-order valence-electron chi connectivity index (χ2n) is 4.93. The number of piperazine rings is 1. The fourth-order valence-electron chi connectivity index (χ4n) is 2.22. The van der Waals surface area contributed by atoms with Crippen LogP contribution in [0.5, 0.6) is 0 Å². The van der Waals surface area contributed by atoms with Crippen molar-refractivity contribution in [1.82, 2.24) is 19.8 Å². The highest BCUT2D eigenvalue weighted by Gasteiger charge is 2.32. The molecule has 1 aliphatic rings. The van der Waals surface area contributed by atoms with Crippen molar-refractivity contribution >= 4 is 5.91 Å². The summed E-state index contributed by atoms with van der Waals surface area (Å²) in [7, 11) is 1.87. The Kier molecular flexibility index (Phi) is 3.99. The van der Waals surface area contributed by atoms with Crippen LogP contribution >= 0.6 is 0 Å². The number of carbonyl (C=O) groups is 1. The normalized spacial score (nSPS) is 19.4. The standard InChI is InChI=1S/C13H19FN4O/c1-9(2)11(14)13(19)18-7-4-15-8-10(18)12-16-5-6-17(12)3/h5-6,10,15H,4,7-8H2,1-3H3. The second kappa shape index (κ2) is 5.52. The Bertz CT molecular complexity index is 504. The van der Waals surface area contributed by atoms with E-state index in [1.54, 1.807) is 24.9 Å². The molecule has 2 heterocycles. The first-order valence-electron chi connectivity index (χ1n) is 6.34. The van der Waals surface area contributed by atoms with Crippen molar-refractivity contribution in [1.29, 1.82) is 0 Å². The number of imidazole rings is 1. The second-order valence-corrected chi connectivity index (χ2v) is 4.93. The topological polar surface area (TPSA) is 50.2 Å². The predicted octanol–water partition coefficient (Wildman–Crippen LogP) is 1.16. The van der Waals surface area contributed by atoms with Crippen molar-refractivity contribution in [2.75, 3.05) is 19.6 Å². The van der Waals surface area contributed by atoms with Crippen molar-refractivity contribution in [2.24, 2.45) is 7.05 Å². The molecule has 1 saturated heterocycles. The minimum Gasteiger partial charge on any atom is -0.336 e. The van der Waals surface area contributed by atoms with E-state index in [0.717, 1.165) is 5.82 Å². The zero-order valence-corrected chi connectivity index (χ0v) is 11.5. The molecule has 104 valence electrons. The molecule has 0 aromatic carbocycles. The molecule has 1 aliphatic heterocycles. The number of carbonyl (C=O) groups excluding carboxylic acids is 1. The number of rotatable bonds is 2. The van der Waals surface area contributed by atoms with Crippen LogP contribution in [0, 0.1) is 0 Å². The van der Waals surface area contributed by atoms with Crippen LogP contribution in [0.1, 0.15) is 25.7 Å². The van der Waals surface area contributed by atoms with E-state index in [9.17, 15) is 9.18 Å². The maximum atomic E-state index is 13.9. The van der Waals surface area contributed by atoms with Gasteiger partial charge in [0.25, 0.3) is 5.91 Å². The SMILES string of the molecule is CC(C)=C(F)C(=O)N1CCNCC1c1nccn1C. The summed E-state index contributed by atoms with van der Waals surface area (Å²) in [4.78, 5) is 18.0. The minimum absolute atomic E-state index is 0.230. The summed E-state index contributed by atoms with van der Waals surface area (Å²) in [6, 6.07) is -0.230. The van der Waals surface area contributed by atoms with Gasteiger partial charge in [-0.25, -0.2) is 9.37 Å². The highest BCUT2D eigenvalue weighted by atomic mass is 19.1. The van der Waals surface area contributed by atoms with Crippen LogP contribution in [0.4, 0.5) is 4.39 Å². The van der Waals surface area contributed by atoms with E-state index in [0.29, 0.717) is 25.2 Å². The first-order valence-corrected chi connectivity index (χ1v) is 6.34. The Morgan fingerprint density at radius 2 is 2.26 bits per heavy atom. The molecule has 6 heteroatoms. The Labute approximate surface area is 112 Å². The van der Waals surface area contributed by atoms with Crippen LogP contribution in [0.25, 0.3) is 0 Å². The first kappa shape index (κ1) is 13.7. The van der Waals surface area contributed by atoms with E-state index in [2.05, 4.69) is 10.3 Å². The van der Waals surface area contributed by atoms with Crippen LogP contribution in [-0.2, 0) is 11.8 Å². The van der Waals surface area contributed by atoms with Gasteiger partial charge in [0.15, 0.2) is 5.83 Å². The Hall–Kier alpha value is -1.69. The predicted molar refractivity (Wildman–Crippen MR) is 70.0 cm³/mol. The van der Waals surface area contributed by atoms with Gasteiger partial charge in [-0.05, 0) is 19.4 Å². The van der Waals surface area contributed by atoms with Gasteiger partial charge >= 0.3 is 0 Å². The monoisotopic (exact) mass is 266 g/mol. The lowest BCUT2D eigenvalue weighted by molar-refractivity contribution is -0.132. The number of hydrogen-bond acceptors (Lipinski definition) is 3. The average molecular weight is 266 g/mol. The fourth-order valence-corrected chi connectivity index (χ4v) is 2.22. The Morgan fingerprint density at radius 1 is 1.53 bits per heavy atom. The number of aryl methyl sites for hydroxylation is 1. The largest absolute Gasteiger partial charge is 0.336 e. The quantitative estimate of drug-likeness (QED) is 0.817. The highest BCUT2D eigenvalue weighted by Crippen LogP contribution is 2.23. The van der Waals surface area contributed by atoms with Crippen molar-refractivity contribution < 1.29 is 9.18 Å². The maximum absolute atomic E-state index is 13.9. The number of hydrogen-bond donors (Lipinski definition) is 1. The molecule has 0 spiro atoms. The van der Waals surface area contributed by atoms with Gasteiger partial charge in [0.1, 0.15) is 11.9 Å². The Balaban J connectivity index is 2.29. The third-order valence-corrected chi connectivity index (χ3v) is 3.29. The van der Waals surface area contributed by atoms with Crippen LogP contribution in [0.2, 0.25) is 0 Å². The van der Waals surface area contributed by atoms with Gasteiger partial charge in [-0.15, -0.1) is 0 Å². The van der Waals surface area contributed by atoms with Crippen LogP contribution in [0.3, 0.4) is 0 Å². The van der Waals surface area contributed by atoms with E-state index >= 15 is 0 Å². The Morgan fingerprint density at radius 3 is 2.84 bits per heavy atom. The van der Waals surface area contributed by atoms with Crippen molar-refractivity contribution in [3.63, 3.8) is 0 Å². The van der Waals surface area contributed by atoms with Crippen molar-refractivity contribution in [2.45, 2.75) is 19.9 Å². The molecule has 1 amide bonds. The molecule has 0 aliphatic carbocycles. The number of nitrogens with zero attached hydrogens (tertiary/aromatic N) is 3. The molecule has 19 heavy (non-hydrogen) atoms. The molecule has 0 bridgehead atoms. The third-order valence-electron chi connectivity index (χ3n) is 3.29. The van der Waals surface area contributed by atoms with Crippen LogP contribution in [-0.4, -0.2) is 40.0 Å². The fraction of sp³-hybridized carbons (Fsp3) is 0.538. The zero-order valence-electron chi connectivity index (χ0n) is 11.5. The van der Waals surface area contributed by atoms with Gasteiger partial charge in [-0.2, -0.15) is 0 Å². The molecule has 5 nitrogen and oxygen atoms in total. The molecule has 1 fully saturated rings. The lowest BCUT2D eigenvalue weighted by Gasteiger charge is -2.35. The summed E-state index contributed by atoms with van der Waals surface area (Å²) in [5, 5.41) is 3.22. The molecule has 1 unspecified atom stereocenters. The number of amides is 1.